The molecule has 3 aromatic carbocycles. The number of fused-ring (bicyclic) bond motifs is 1. The van der Waals surface area contributed by atoms with Crippen LogP contribution in [0.3, 0.4) is 0 Å². The SMILES string of the molecule is O=C1COc2ccc(-c3csc(=Nc4ccccc4[N+](=O)[O-])n3N=Cc3ccc(F)cc3F)cc2N1. The summed E-state index contributed by atoms with van der Waals surface area (Å²) in [7, 11) is 0. The quantitative estimate of drug-likeness (QED) is 0.237. The van der Waals surface area contributed by atoms with E-state index in [0.717, 1.165) is 23.5 Å². The molecular weight excluding hydrogens is 492 g/mol. The largest absolute Gasteiger partial charge is 0.482 e. The maximum atomic E-state index is 14.2. The lowest BCUT2D eigenvalue weighted by Crippen LogP contribution is -2.25. The minimum atomic E-state index is -0.804. The van der Waals surface area contributed by atoms with Crippen LogP contribution in [0.5, 0.6) is 5.75 Å². The number of carbonyl (C=O) groups excluding carboxylic acids is 1. The van der Waals surface area contributed by atoms with Gasteiger partial charge >= 0.3 is 0 Å². The van der Waals surface area contributed by atoms with Gasteiger partial charge in [0.15, 0.2) is 6.61 Å². The van der Waals surface area contributed by atoms with Gasteiger partial charge in [-0.1, -0.05) is 12.1 Å². The minimum absolute atomic E-state index is 0.0313. The molecule has 0 fully saturated rings. The Morgan fingerprint density at radius 2 is 1.97 bits per heavy atom. The Morgan fingerprint density at radius 1 is 1.14 bits per heavy atom. The van der Waals surface area contributed by atoms with Gasteiger partial charge in [0, 0.05) is 28.6 Å². The van der Waals surface area contributed by atoms with Crippen molar-refractivity contribution in [2.24, 2.45) is 10.1 Å². The summed E-state index contributed by atoms with van der Waals surface area (Å²) in [5.74, 6) is -1.32. The van der Waals surface area contributed by atoms with Crippen LogP contribution in [0.25, 0.3) is 11.3 Å². The molecule has 0 radical (unpaired) electrons. The lowest BCUT2D eigenvalue weighted by molar-refractivity contribution is -0.384. The zero-order chi connectivity index (χ0) is 25.2. The summed E-state index contributed by atoms with van der Waals surface area (Å²) in [6.45, 7) is -0.0861. The molecule has 180 valence electrons. The number of nitro benzene ring substituents is 1. The summed E-state index contributed by atoms with van der Waals surface area (Å²) in [5.41, 5.74) is 1.55. The van der Waals surface area contributed by atoms with Crippen molar-refractivity contribution in [3.63, 3.8) is 0 Å². The molecule has 1 aliphatic heterocycles. The molecule has 36 heavy (non-hydrogen) atoms. The van der Waals surface area contributed by atoms with Crippen molar-refractivity contribution < 1.29 is 23.2 Å². The molecule has 1 amide bonds. The van der Waals surface area contributed by atoms with Crippen LogP contribution in [0.1, 0.15) is 5.56 Å². The third-order valence-corrected chi connectivity index (χ3v) is 5.98. The number of halogens is 2. The molecule has 0 atom stereocenters. The number of nitrogens with one attached hydrogen (secondary N) is 1. The molecular formula is C24H15F2N5O4S. The number of nitro groups is 1. The van der Waals surface area contributed by atoms with Crippen molar-refractivity contribution in [3.05, 3.63) is 98.2 Å². The highest BCUT2D eigenvalue weighted by Crippen LogP contribution is 2.33. The van der Waals surface area contributed by atoms with Gasteiger partial charge in [-0.15, -0.1) is 11.3 Å². The highest BCUT2D eigenvalue weighted by atomic mass is 32.1. The maximum absolute atomic E-state index is 14.2. The Hall–Kier alpha value is -4.71. The lowest BCUT2D eigenvalue weighted by atomic mass is 10.1. The Morgan fingerprint density at radius 3 is 2.78 bits per heavy atom. The Bertz CT molecular complexity index is 1610. The van der Waals surface area contributed by atoms with E-state index in [1.165, 1.54) is 35.2 Å². The van der Waals surface area contributed by atoms with Crippen molar-refractivity contribution in [3.8, 4) is 17.0 Å². The number of rotatable bonds is 5. The maximum Gasteiger partial charge on any atom is 0.294 e. The number of benzene rings is 3. The molecule has 9 nitrogen and oxygen atoms in total. The number of para-hydroxylation sites is 2. The van der Waals surface area contributed by atoms with Gasteiger partial charge < -0.3 is 10.1 Å². The van der Waals surface area contributed by atoms with Crippen molar-refractivity contribution in [1.82, 2.24) is 4.68 Å². The monoisotopic (exact) mass is 507 g/mol. The number of hydrogen-bond donors (Lipinski definition) is 1. The third kappa shape index (κ3) is 4.61. The number of aromatic nitrogens is 1. The Kier molecular flexibility index (Phi) is 6.09. The van der Waals surface area contributed by atoms with Gasteiger partial charge in [0.05, 0.1) is 22.5 Å². The fourth-order valence-electron chi connectivity index (χ4n) is 3.47. The summed E-state index contributed by atoms with van der Waals surface area (Å²) < 4.78 is 34.3. The lowest BCUT2D eigenvalue weighted by Gasteiger charge is -2.18. The van der Waals surface area contributed by atoms with E-state index < -0.39 is 16.6 Å². The first-order valence-corrected chi connectivity index (χ1v) is 11.3. The van der Waals surface area contributed by atoms with Gasteiger partial charge in [0.2, 0.25) is 4.80 Å². The number of hydrogen-bond acceptors (Lipinski definition) is 7. The van der Waals surface area contributed by atoms with Gasteiger partial charge in [-0.3, -0.25) is 14.9 Å². The Balaban J connectivity index is 1.67. The smallest absolute Gasteiger partial charge is 0.294 e. The summed E-state index contributed by atoms with van der Waals surface area (Å²) in [6.07, 6.45) is 1.20. The van der Waals surface area contributed by atoms with Crippen molar-refractivity contribution in [2.75, 3.05) is 11.9 Å². The number of nitrogens with zero attached hydrogens (tertiary/aromatic N) is 4. The highest BCUT2D eigenvalue weighted by molar-refractivity contribution is 7.07. The van der Waals surface area contributed by atoms with Gasteiger partial charge in [0.25, 0.3) is 11.6 Å². The molecule has 5 rings (SSSR count). The van der Waals surface area contributed by atoms with E-state index >= 15 is 0 Å². The van der Waals surface area contributed by atoms with E-state index in [1.54, 1.807) is 29.6 Å². The molecule has 1 aliphatic rings. The van der Waals surface area contributed by atoms with Crippen LogP contribution < -0.4 is 14.9 Å². The fraction of sp³-hybridized carbons (Fsp3) is 0.0417. The summed E-state index contributed by atoms with van der Waals surface area (Å²) >= 11 is 1.15. The predicted octanol–water partition coefficient (Wildman–Crippen LogP) is 4.85. The first-order valence-electron chi connectivity index (χ1n) is 10.4. The molecule has 0 spiro atoms. The van der Waals surface area contributed by atoms with Crippen LogP contribution in [0.2, 0.25) is 0 Å². The molecule has 0 saturated carbocycles. The molecule has 0 unspecified atom stereocenters. The normalized spacial score (nSPS) is 13.4. The highest BCUT2D eigenvalue weighted by Gasteiger charge is 2.18. The molecule has 1 N–H and O–H groups in total. The zero-order valence-corrected chi connectivity index (χ0v) is 19.0. The van der Waals surface area contributed by atoms with Crippen molar-refractivity contribution in [1.29, 1.82) is 0 Å². The molecule has 12 heteroatoms. The van der Waals surface area contributed by atoms with E-state index in [2.05, 4.69) is 15.4 Å². The molecule has 0 aliphatic carbocycles. The predicted molar refractivity (Wildman–Crippen MR) is 130 cm³/mol. The number of carbonyl (C=O) groups is 1. The topological polar surface area (TPSA) is 111 Å². The van der Waals surface area contributed by atoms with Crippen LogP contribution in [0.15, 0.2) is 76.1 Å². The Labute approximate surface area is 205 Å². The molecule has 0 saturated heterocycles. The number of amides is 1. The molecule has 2 heterocycles. The van der Waals surface area contributed by atoms with Gasteiger partial charge in [0.1, 0.15) is 23.1 Å². The summed E-state index contributed by atoms with van der Waals surface area (Å²) in [4.78, 5) is 27.4. The van der Waals surface area contributed by atoms with Crippen LogP contribution in [0, 0.1) is 21.7 Å². The van der Waals surface area contributed by atoms with E-state index in [-0.39, 0.29) is 34.3 Å². The van der Waals surface area contributed by atoms with Crippen LogP contribution in [-0.2, 0) is 4.79 Å². The van der Waals surface area contributed by atoms with Crippen LogP contribution in [-0.4, -0.2) is 28.3 Å². The number of ether oxygens (including phenoxy) is 1. The average Bonchev–Trinajstić information content (AvgIpc) is 3.25. The zero-order valence-electron chi connectivity index (χ0n) is 18.2. The molecule has 0 bridgehead atoms. The van der Waals surface area contributed by atoms with Crippen LogP contribution >= 0.6 is 11.3 Å². The minimum Gasteiger partial charge on any atom is -0.482 e. The van der Waals surface area contributed by atoms with Gasteiger partial charge in [-0.25, -0.2) is 18.4 Å². The van der Waals surface area contributed by atoms with Crippen molar-refractivity contribution in [2.45, 2.75) is 0 Å². The average molecular weight is 507 g/mol. The van der Waals surface area contributed by atoms with E-state index in [1.807, 2.05) is 0 Å². The second-order valence-corrected chi connectivity index (χ2v) is 8.37. The van der Waals surface area contributed by atoms with E-state index in [4.69, 9.17) is 4.74 Å². The third-order valence-electron chi connectivity index (χ3n) is 5.16. The number of thiazole rings is 1. The summed E-state index contributed by atoms with van der Waals surface area (Å²) in [5, 5.41) is 20.3. The molecule has 1 aromatic heterocycles. The van der Waals surface area contributed by atoms with E-state index in [0.29, 0.717) is 22.7 Å². The van der Waals surface area contributed by atoms with E-state index in [9.17, 15) is 23.7 Å². The summed E-state index contributed by atoms with van der Waals surface area (Å²) in [6, 6.07) is 14.2. The first-order chi connectivity index (χ1) is 17.4. The van der Waals surface area contributed by atoms with Gasteiger partial charge in [-0.05, 0) is 36.4 Å². The standard InChI is InChI=1S/C24H15F2N5O4S/c25-16-7-5-15(17(26)10-16)11-27-30-21(14-6-8-22-19(9-14)28-23(32)12-35-22)13-36-24(30)29-18-3-1-2-4-20(18)31(33)34/h1-11,13H,12H2,(H,28,32). The fourth-order valence-corrected chi connectivity index (χ4v) is 4.32. The number of anilines is 1. The van der Waals surface area contributed by atoms with Gasteiger partial charge in [-0.2, -0.15) is 5.10 Å². The second kappa shape index (κ2) is 9.50. The van der Waals surface area contributed by atoms with Crippen molar-refractivity contribution >= 4 is 40.5 Å². The molecule has 4 aromatic rings. The second-order valence-electron chi connectivity index (χ2n) is 7.53. The first kappa shape index (κ1) is 23.1. The van der Waals surface area contributed by atoms with Crippen LogP contribution in [0.4, 0.5) is 25.8 Å².